The van der Waals surface area contributed by atoms with E-state index in [1.807, 2.05) is 0 Å². The third-order valence-corrected chi connectivity index (χ3v) is 3.78. The van der Waals surface area contributed by atoms with Crippen molar-refractivity contribution in [3.8, 4) is 17.0 Å². The fraction of sp³-hybridized carbons (Fsp3) is 0.0526. The monoisotopic (exact) mass is 349 g/mol. The lowest BCUT2D eigenvalue weighted by molar-refractivity contribution is -0.384. The highest BCUT2D eigenvalue weighted by Crippen LogP contribution is 2.31. The minimum Gasteiger partial charge on any atom is -0.507 e. The fourth-order valence-corrected chi connectivity index (χ4v) is 2.45. The summed E-state index contributed by atoms with van der Waals surface area (Å²) in [5, 5.41) is 25.1. The Bertz CT molecular complexity index is 1000. The summed E-state index contributed by atoms with van der Waals surface area (Å²) in [5.74, 6) is -0.192. The zero-order chi connectivity index (χ0) is 18.7. The van der Waals surface area contributed by atoms with Crippen LogP contribution < -0.4 is 0 Å². The van der Waals surface area contributed by atoms with Crippen LogP contribution in [0.3, 0.4) is 0 Å². The van der Waals surface area contributed by atoms with Gasteiger partial charge in [0.25, 0.3) is 5.69 Å². The van der Waals surface area contributed by atoms with Crippen molar-refractivity contribution in [2.24, 2.45) is 0 Å². The molecule has 1 N–H and O–H groups in total. The van der Waals surface area contributed by atoms with Crippen molar-refractivity contribution >= 4 is 23.7 Å². The summed E-state index contributed by atoms with van der Waals surface area (Å²) in [6.45, 7) is 1.39. The molecule has 2 aromatic carbocycles. The number of non-ortho nitro benzene ring substituents is 1. The Kier molecular flexibility index (Phi) is 4.62. The SMILES string of the molecule is CC(=O)n1cc(/C=C/c2ccc([N+](=O)[O-])cc2)c(-c2ccccc2O)n1. The smallest absolute Gasteiger partial charge is 0.269 e. The molecule has 1 heterocycles. The van der Waals surface area contributed by atoms with Gasteiger partial charge < -0.3 is 5.11 Å². The molecule has 0 saturated carbocycles. The molecular weight excluding hydrogens is 334 g/mol. The molecule has 0 aliphatic carbocycles. The van der Waals surface area contributed by atoms with Gasteiger partial charge in [-0.2, -0.15) is 5.10 Å². The molecule has 0 unspecified atom stereocenters. The van der Waals surface area contributed by atoms with E-state index < -0.39 is 4.92 Å². The molecule has 0 radical (unpaired) electrons. The number of nitro groups is 1. The van der Waals surface area contributed by atoms with E-state index in [2.05, 4.69) is 5.10 Å². The first-order chi connectivity index (χ1) is 12.5. The number of nitro benzene ring substituents is 1. The van der Waals surface area contributed by atoms with Crippen molar-refractivity contribution in [3.63, 3.8) is 0 Å². The van der Waals surface area contributed by atoms with Gasteiger partial charge in [0.05, 0.1) is 4.92 Å². The summed E-state index contributed by atoms with van der Waals surface area (Å²) in [7, 11) is 0. The summed E-state index contributed by atoms with van der Waals surface area (Å²) >= 11 is 0. The average molecular weight is 349 g/mol. The minimum absolute atomic E-state index is 0.0152. The van der Waals surface area contributed by atoms with Crippen molar-refractivity contribution in [3.05, 3.63) is 76.0 Å². The molecule has 1 aromatic heterocycles. The number of rotatable bonds is 4. The molecule has 3 aromatic rings. The molecule has 0 bridgehead atoms. The van der Waals surface area contributed by atoms with Gasteiger partial charge in [-0.1, -0.05) is 24.3 Å². The molecule has 26 heavy (non-hydrogen) atoms. The van der Waals surface area contributed by atoms with Crippen LogP contribution in [0.4, 0.5) is 5.69 Å². The standard InChI is InChI=1S/C19H15N3O4/c1-13(23)21-12-15(19(20-21)17-4-2-3-5-18(17)24)9-6-14-7-10-16(11-8-14)22(25)26/h2-12,24H,1H3/b9-6+. The molecule has 130 valence electrons. The van der Waals surface area contributed by atoms with E-state index in [1.165, 1.54) is 23.7 Å². The first-order valence-electron chi connectivity index (χ1n) is 7.77. The van der Waals surface area contributed by atoms with Gasteiger partial charge in [0.15, 0.2) is 0 Å². The largest absolute Gasteiger partial charge is 0.507 e. The normalized spacial score (nSPS) is 11.0. The van der Waals surface area contributed by atoms with E-state index in [0.717, 1.165) is 5.56 Å². The van der Waals surface area contributed by atoms with Crippen LogP contribution in [0.2, 0.25) is 0 Å². The quantitative estimate of drug-likeness (QED) is 0.567. The summed E-state index contributed by atoms with van der Waals surface area (Å²) in [6.07, 6.45) is 5.08. The Balaban J connectivity index is 2.00. The van der Waals surface area contributed by atoms with E-state index in [9.17, 15) is 20.0 Å². The van der Waals surface area contributed by atoms with Gasteiger partial charge in [0, 0.05) is 36.4 Å². The number of aromatic nitrogens is 2. The highest BCUT2D eigenvalue weighted by Gasteiger charge is 2.14. The lowest BCUT2D eigenvalue weighted by Gasteiger charge is -2.02. The molecule has 7 nitrogen and oxygen atoms in total. The van der Waals surface area contributed by atoms with Crippen molar-refractivity contribution in [1.29, 1.82) is 0 Å². The van der Waals surface area contributed by atoms with Gasteiger partial charge in [0.1, 0.15) is 11.4 Å². The molecule has 0 amide bonds. The number of carbonyl (C=O) groups is 1. The van der Waals surface area contributed by atoms with Gasteiger partial charge in [-0.25, -0.2) is 4.68 Å². The van der Waals surface area contributed by atoms with Gasteiger partial charge >= 0.3 is 0 Å². The third kappa shape index (κ3) is 3.51. The zero-order valence-electron chi connectivity index (χ0n) is 13.9. The highest BCUT2D eigenvalue weighted by atomic mass is 16.6. The maximum atomic E-state index is 11.7. The van der Waals surface area contributed by atoms with Crippen LogP contribution in [0, 0.1) is 10.1 Å². The zero-order valence-corrected chi connectivity index (χ0v) is 13.9. The van der Waals surface area contributed by atoms with Gasteiger partial charge in [0.2, 0.25) is 5.91 Å². The van der Waals surface area contributed by atoms with E-state index in [0.29, 0.717) is 16.8 Å². The summed E-state index contributed by atoms with van der Waals surface area (Å²) in [5.41, 5.74) is 2.39. The van der Waals surface area contributed by atoms with Crippen LogP contribution in [0.25, 0.3) is 23.4 Å². The topological polar surface area (TPSA) is 98.3 Å². The van der Waals surface area contributed by atoms with E-state index in [1.54, 1.807) is 54.7 Å². The Labute approximate surface area is 149 Å². The van der Waals surface area contributed by atoms with E-state index >= 15 is 0 Å². The van der Waals surface area contributed by atoms with Crippen molar-refractivity contribution in [1.82, 2.24) is 9.78 Å². The van der Waals surface area contributed by atoms with Gasteiger partial charge in [-0.3, -0.25) is 14.9 Å². The van der Waals surface area contributed by atoms with Crippen LogP contribution >= 0.6 is 0 Å². The predicted octanol–water partition coefficient (Wildman–Crippen LogP) is 3.99. The Hall–Kier alpha value is -3.74. The summed E-state index contributed by atoms with van der Waals surface area (Å²) < 4.78 is 1.21. The lowest BCUT2D eigenvalue weighted by atomic mass is 10.1. The molecule has 3 rings (SSSR count). The number of phenolic OH excluding ortho intramolecular Hbond substituents is 1. The molecule has 0 saturated heterocycles. The summed E-state index contributed by atoms with van der Waals surface area (Å²) in [6, 6.07) is 12.8. The number of para-hydroxylation sites is 1. The minimum atomic E-state index is -0.458. The Morgan fingerprint density at radius 3 is 2.46 bits per heavy atom. The van der Waals surface area contributed by atoms with Crippen LogP contribution in [0.5, 0.6) is 5.75 Å². The predicted molar refractivity (Wildman–Crippen MR) is 97.7 cm³/mol. The van der Waals surface area contributed by atoms with E-state index in [-0.39, 0.29) is 17.3 Å². The Morgan fingerprint density at radius 2 is 1.85 bits per heavy atom. The maximum Gasteiger partial charge on any atom is 0.269 e. The summed E-state index contributed by atoms with van der Waals surface area (Å²) in [4.78, 5) is 21.9. The molecule has 0 fully saturated rings. The molecule has 0 aliphatic heterocycles. The number of nitrogens with zero attached hydrogens (tertiary/aromatic N) is 3. The highest BCUT2D eigenvalue weighted by molar-refractivity contribution is 5.84. The van der Waals surface area contributed by atoms with Crippen LogP contribution in [0.15, 0.2) is 54.7 Å². The van der Waals surface area contributed by atoms with Crippen molar-refractivity contribution in [2.45, 2.75) is 6.92 Å². The van der Waals surface area contributed by atoms with Crippen molar-refractivity contribution in [2.75, 3.05) is 0 Å². The second-order valence-corrected chi connectivity index (χ2v) is 5.60. The molecule has 7 heteroatoms. The first kappa shape index (κ1) is 17.1. The van der Waals surface area contributed by atoms with E-state index in [4.69, 9.17) is 0 Å². The lowest BCUT2D eigenvalue weighted by Crippen LogP contribution is -2.05. The van der Waals surface area contributed by atoms with Crippen LogP contribution in [-0.2, 0) is 0 Å². The van der Waals surface area contributed by atoms with Gasteiger partial charge in [-0.05, 0) is 29.8 Å². The number of phenols is 1. The molecule has 0 spiro atoms. The van der Waals surface area contributed by atoms with Crippen LogP contribution in [-0.4, -0.2) is 25.7 Å². The second-order valence-electron chi connectivity index (χ2n) is 5.60. The molecule has 0 atom stereocenters. The number of hydrogen-bond acceptors (Lipinski definition) is 5. The third-order valence-electron chi connectivity index (χ3n) is 3.78. The number of carbonyl (C=O) groups excluding carboxylic acids is 1. The first-order valence-corrected chi connectivity index (χ1v) is 7.77. The molecular formula is C19H15N3O4. The number of aromatic hydroxyl groups is 1. The fourth-order valence-electron chi connectivity index (χ4n) is 2.45. The maximum absolute atomic E-state index is 11.7. The van der Waals surface area contributed by atoms with Gasteiger partial charge in [-0.15, -0.1) is 0 Å². The van der Waals surface area contributed by atoms with Crippen molar-refractivity contribution < 1.29 is 14.8 Å². The number of benzene rings is 2. The van der Waals surface area contributed by atoms with Crippen LogP contribution in [0.1, 0.15) is 22.8 Å². The second kappa shape index (κ2) is 7.02. The molecule has 0 aliphatic rings. The average Bonchev–Trinajstić information content (AvgIpc) is 3.05. The Morgan fingerprint density at radius 1 is 1.15 bits per heavy atom. The number of hydrogen-bond donors (Lipinski definition) is 1.